The number of piperidine rings is 1. The summed E-state index contributed by atoms with van der Waals surface area (Å²) < 4.78 is 0. The number of nitrogens with one attached hydrogen (secondary N) is 2. The van der Waals surface area contributed by atoms with E-state index in [0.29, 0.717) is 6.54 Å². The molecule has 1 aromatic rings. The molecule has 1 amide bonds. The largest absolute Gasteiger partial charge is 0.352 e. The van der Waals surface area contributed by atoms with Gasteiger partial charge in [0.05, 0.1) is 5.92 Å². The number of carbonyl (C=O) groups excluding carboxylic acids is 1. The number of nitrogens with zero attached hydrogens (tertiary/aromatic N) is 1. The van der Waals surface area contributed by atoms with E-state index >= 15 is 0 Å². The lowest BCUT2D eigenvalue weighted by Gasteiger charge is -2.22. The molecule has 3 rings (SSSR count). The number of benzene rings is 1. The van der Waals surface area contributed by atoms with Crippen LogP contribution in [0, 0.1) is 5.92 Å². The summed E-state index contributed by atoms with van der Waals surface area (Å²) in [5.74, 6) is 0.333. The van der Waals surface area contributed by atoms with E-state index in [4.69, 9.17) is 0 Å². The molecule has 2 saturated heterocycles. The summed E-state index contributed by atoms with van der Waals surface area (Å²) in [4.78, 5) is 14.8. The van der Waals surface area contributed by atoms with E-state index in [1.807, 2.05) is 0 Å². The van der Waals surface area contributed by atoms with Gasteiger partial charge in [0.15, 0.2) is 0 Å². The van der Waals surface area contributed by atoms with Gasteiger partial charge in [-0.25, -0.2) is 0 Å². The highest BCUT2D eigenvalue weighted by Gasteiger charge is 2.20. The third kappa shape index (κ3) is 7.43. The van der Waals surface area contributed by atoms with Crippen molar-refractivity contribution < 1.29 is 4.79 Å². The number of amides is 1. The zero-order valence-electron chi connectivity index (χ0n) is 15.5. The summed E-state index contributed by atoms with van der Waals surface area (Å²) in [5, 5.41) is 6.42. The van der Waals surface area contributed by atoms with Crippen molar-refractivity contribution in [1.29, 1.82) is 0 Å². The predicted octanol–water partition coefficient (Wildman–Crippen LogP) is 3.52. The third-order valence-electron chi connectivity index (χ3n) is 5.23. The van der Waals surface area contributed by atoms with Gasteiger partial charge in [-0.15, -0.1) is 24.8 Å². The molecule has 0 aromatic heterocycles. The van der Waals surface area contributed by atoms with Crippen LogP contribution in [0.3, 0.4) is 0 Å². The van der Waals surface area contributed by atoms with Gasteiger partial charge in [-0.1, -0.05) is 37.1 Å². The molecule has 2 N–H and O–H groups in total. The minimum Gasteiger partial charge on any atom is -0.352 e. The van der Waals surface area contributed by atoms with E-state index in [1.54, 1.807) is 0 Å². The number of likely N-dealkylation sites (tertiary alicyclic amines) is 1. The van der Waals surface area contributed by atoms with E-state index in [1.165, 1.54) is 49.9 Å². The van der Waals surface area contributed by atoms with E-state index in [0.717, 1.165) is 32.5 Å². The SMILES string of the molecule is Cl.Cl.O=C(NCc1cccc(CN2CCCCCC2)c1)C1CCCNC1. The smallest absolute Gasteiger partial charge is 0.224 e. The second-order valence-electron chi connectivity index (χ2n) is 7.27. The Hall–Kier alpha value is -0.810. The Kier molecular flexibility index (Phi) is 11.2. The highest BCUT2D eigenvalue weighted by molar-refractivity contribution is 5.85. The maximum atomic E-state index is 12.3. The van der Waals surface area contributed by atoms with Crippen LogP contribution in [0.5, 0.6) is 0 Å². The first kappa shape index (κ1) is 23.2. The van der Waals surface area contributed by atoms with Gasteiger partial charge in [0.25, 0.3) is 0 Å². The molecule has 1 unspecified atom stereocenters. The molecule has 6 heteroatoms. The van der Waals surface area contributed by atoms with Crippen molar-refractivity contribution in [1.82, 2.24) is 15.5 Å². The summed E-state index contributed by atoms with van der Waals surface area (Å²) in [6, 6.07) is 8.70. The molecule has 0 radical (unpaired) electrons. The van der Waals surface area contributed by atoms with Gasteiger partial charge in [0.1, 0.15) is 0 Å². The molecule has 1 atom stereocenters. The van der Waals surface area contributed by atoms with Crippen molar-refractivity contribution >= 4 is 30.7 Å². The molecule has 0 bridgehead atoms. The van der Waals surface area contributed by atoms with Gasteiger partial charge in [0, 0.05) is 19.6 Å². The topological polar surface area (TPSA) is 44.4 Å². The summed E-state index contributed by atoms with van der Waals surface area (Å²) in [6.45, 7) is 5.98. The molecule has 2 heterocycles. The lowest BCUT2D eigenvalue weighted by Crippen LogP contribution is -2.40. The molecule has 2 aliphatic rings. The molecule has 4 nitrogen and oxygen atoms in total. The average Bonchev–Trinajstić information content (AvgIpc) is 2.89. The highest BCUT2D eigenvalue weighted by Crippen LogP contribution is 2.15. The van der Waals surface area contributed by atoms with Crippen LogP contribution in [0.1, 0.15) is 49.7 Å². The fourth-order valence-electron chi connectivity index (χ4n) is 3.80. The average molecular weight is 402 g/mol. The minimum absolute atomic E-state index is 0. The van der Waals surface area contributed by atoms with Crippen LogP contribution in [0.4, 0.5) is 0 Å². The van der Waals surface area contributed by atoms with Gasteiger partial charge in [-0.05, 0) is 56.4 Å². The molecule has 2 fully saturated rings. The Balaban J connectivity index is 0.00000169. The Morgan fingerprint density at radius 2 is 1.81 bits per heavy atom. The fourth-order valence-corrected chi connectivity index (χ4v) is 3.80. The van der Waals surface area contributed by atoms with Crippen molar-refractivity contribution in [3.8, 4) is 0 Å². The molecule has 148 valence electrons. The molecule has 0 aliphatic carbocycles. The Labute approximate surface area is 170 Å². The van der Waals surface area contributed by atoms with Crippen molar-refractivity contribution in [2.45, 2.75) is 51.6 Å². The lowest BCUT2D eigenvalue weighted by atomic mass is 9.99. The van der Waals surface area contributed by atoms with Gasteiger partial charge in [-0.2, -0.15) is 0 Å². The van der Waals surface area contributed by atoms with Gasteiger partial charge in [-0.3, -0.25) is 9.69 Å². The van der Waals surface area contributed by atoms with Crippen LogP contribution >= 0.6 is 24.8 Å². The number of rotatable bonds is 5. The van der Waals surface area contributed by atoms with Crippen LogP contribution in [0.15, 0.2) is 24.3 Å². The van der Waals surface area contributed by atoms with Crippen LogP contribution in [0.25, 0.3) is 0 Å². The number of hydrogen-bond donors (Lipinski definition) is 2. The Bertz CT molecular complexity index is 528. The van der Waals surface area contributed by atoms with Gasteiger partial charge in [0.2, 0.25) is 5.91 Å². The van der Waals surface area contributed by atoms with Gasteiger partial charge >= 0.3 is 0 Å². The van der Waals surface area contributed by atoms with Crippen molar-refractivity contribution in [3.05, 3.63) is 35.4 Å². The van der Waals surface area contributed by atoms with E-state index in [2.05, 4.69) is 39.8 Å². The Morgan fingerprint density at radius 3 is 2.50 bits per heavy atom. The molecule has 1 aromatic carbocycles. The summed E-state index contributed by atoms with van der Waals surface area (Å²) in [5.41, 5.74) is 2.57. The minimum atomic E-state index is 0. The molecule has 0 saturated carbocycles. The molecular formula is C20H33Cl2N3O. The Morgan fingerprint density at radius 1 is 1.08 bits per heavy atom. The number of halogens is 2. The molecular weight excluding hydrogens is 369 g/mol. The molecule has 26 heavy (non-hydrogen) atoms. The first-order valence-corrected chi connectivity index (χ1v) is 9.60. The summed E-state index contributed by atoms with van der Waals surface area (Å²) in [7, 11) is 0. The maximum Gasteiger partial charge on any atom is 0.224 e. The van der Waals surface area contributed by atoms with Crippen LogP contribution in [0.2, 0.25) is 0 Å². The van der Waals surface area contributed by atoms with Crippen LogP contribution in [-0.2, 0) is 17.9 Å². The van der Waals surface area contributed by atoms with Crippen molar-refractivity contribution in [2.75, 3.05) is 26.2 Å². The fraction of sp³-hybridized carbons (Fsp3) is 0.650. The van der Waals surface area contributed by atoms with Gasteiger partial charge < -0.3 is 10.6 Å². The summed E-state index contributed by atoms with van der Waals surface area (Å²) >= 11 is 0. The zero-order valence-corrected chi connectivity index (χ0v) is 17.2. The first-order chi connectivity index (χ1) is 11.8. The maximum absolute atomic E-state index is 12.3. The van der Waals surface area contributed by atoms with Crippen LogP contribution in [-0.4, -0.2) is 37.0 Å². The standard InChI is InChI=1S/C20H31N3O.2ClH/c24-20(19-9-6-10-21-15-19)22-14-17-7-5-8-18(13-17)16-23-11-3-1-2-4-12-23;;/h5,7-8,13,19,21H,1-4,6,9-12,14-16H2,(H,22,24);2*1H. The van der Waals surface area contributed by atoms with E-state index in [-0.39, 0.29) is 36.6 Å². The van der Waals surface area contributed by atoms with E-state index in [9.17, 15) is 4.79 Å². The first-order valence-electron chi connectivity index (χ1n) is 9.60. The van der Waals surface area contributed by atoms with Crippen LogP contribution < -0.4 is 10.6 Å². The van der Waals surface area contributed by atoms with Crippen molar-refractivity contribution in [2.24, 2.45) is 5.92 Å². The van der Waals surface area contributed by atoms with Crippen molar-refractivity contribution in [3.63, 3.8) is 0 Å². The summed E-state index contributed by atoms with van der Waals surface area (Å²) in [6.07, 6.45) is 7.50. The second kappa shape index (κ2) is 12.6. The zero-order chi connectivity index (χ0) is 16.6. The number of hydrogen-bond acceptors (Lipinski definition) is 3. The second-order valence-corrected chi connectivity index (χ2v) is 7.27. The highest BCUT2D eigenvalue weighted by atomic mass is 35.5. The monoisotopic (exact) mass is 401 g/mol. The van der Waals surface area contributed by atoms with E-state index < -0.39 is 0 Å². The molecule has 0 spiro atoms. The lowest BCUT2D eigenvalue weighted by molar-refractivity contribution is -0.125. The number of carbonyl (C=O) groups is 1. The quantitative estimate of drug-likeness (QED) is 0.792. The third-order valence-corrected chi connectivity index (χ3v) is 5.23. The normalized spacial score (nSPS) is 21.0. The predicted molar refractivity (Wildman–Crippen MR) is 112 cm³/mol. The molecule has 2 aliphatic heterocycles.